The normalized spacial score (nSPS) is 8.29. The van der Waals surface area contributed by atoms with Crippen LogP contribution >= 0.6 is 0 Å². The minimum atomic E-state index is 0.731. The predicted octanol–water partition coefficient (Wildman–Crippen LogP) is 3.37. The maximum atomic E-state index is 5.11. The molecule has 78 valence electrons. The van der Waals surface area contributed by atoms with Crippen LogP contribution in [0.15, 0.2) is 24.8 Å². The van der Waals surface area contributed by atoms with E-state index in [0.717, 1.165) is 17.1 Å². The highest BCUT2D eigenvalue weighted by Gasteiger charge is 2.01. The molecule has 0 spiro atoms. The number of hydrogen-bond acceptors (Lipinski definition) is 2. The van der Waals surface area contributed by atoms with E-state index in [0.29, 0.717) is 0 Å². The van der Waals surface area contributed by atoms with Crippen molar-refractivity contribution in [2.24, 2.45) is 0 Å². The third kappa shape index (κ3) is 3.13. The van der Waals surface area contributed by atoms with Crippen LogP contribution < -0.4 is 9.47 Å². The first-order valence-corrected chi connectivity index (χ1v) is 4.66. The Labute approximate surface area is 86.2 Å². The molecule has 0 aliphatic carbocycles. The van der Waals surface area contributed by atoms with Crippen molar-refractivity contribution in [1.29, 1.82) is 0 Å². The molecule has 0 N–H and O–H groups in total. The van der Waals surface area contributed by atoms with E-state index in [1.807, 2.05) is 32.0 Å². The highest BCUT2D eigenvalue weighted by Crippen LogP contribution is 2.27. The van der Waals surface area contributed by atoms with Gasteiger partial charge in [0.05, 0.1) is 14.2 Å². The number of rotatable bonds is 3. The summed E-state index contributed by atoms with van der Waals surface area (Å²) in [5, 5.41) is 0. The van der Waals surface area contributed by atoms with Crippen LogP contribution in [-0.2, 0) is 0 Å². The summed E-state index contributed by atoms with van der Waals surface area (Å²) in [7, 11) is 3.23. The Morgan fingerprint density at radius 1 is 1.07 bits per heavy atom. The van der Waals surface area contributed by atoms with Gasteiger partial charge in [0.25, 0.3) is 0 Å². The second kappa shape index (κ2) is 7.01. The second-order valence-corrected chi connectivity index (χ2v) is 2.32. The van der Waals surface area contributed by atoms with E-state index in [-0.39, 0.29) is 0 Å². The SMILES string of the molecule is C=Cc1ccc(OC)c(OC)c1.CC. The first-order chi connectivity index (χ1) is 6.81. The van der Waals surface area contributed by atoms with Gasteiger partial charge in [-0.2, -0.15) is 0 Å². The zero-order valence-electron chi connectivity index (χ0n) is 9.33. The highest BCUT2D eigenvalue weighted by molar-refractivity contribution is 5.54. The van der Waals surface area contributed by atoms with E-state index in [1.165, 1.54) is 0 Å². The van der Waals surface area contributed by atoms with Crippen molar-refractivity contribution in [3.63, 3.8) is 0 Å². The summed E-state index contributed by atoms with van der Waals surface area (Å²) in [5.74, 6) is 1.47. The monoisotopic (exact) mass is 194 g/mol. The molecular weight excluding hydrogens is 176 g/mol. The van der Waals surface area contributed by atoms with Crippen LogP contribution in [0.5, 0.6) is 11.5 Å². The summed E-state index contributed by atoms with van der Waals surface area (Å²) in [6.07, 6.45) is 1.77. The maximum Gasteiger partial charge on any atom is 0.161 e. The van der Waals surface area contributed by atoms with Gasteiger partial charge in [0.1, 0.15) is 0 Å². The highest BCUT2D eigenvalue weighted by atomic mass is 16.5. The van der Waals surface area contributed by atoms with Crippen molar-refractivity contribution in [2.45, 2.75) is 13.8 Å². The molecular formula is C12H18O2. The number of benzene rings is 1. The van der Waals surface area contributed by atoms with Crippen LogP contribution in [0.3, 0.4) is 0 Å². The molecule has 1 aromatic rings. The summed E-state index contributed by atoms with van der Waals surface area (Å²) < 4.78 is 10.2. The van der Waals surface area contributed by atoms with E-state index in [9.17, 15) is 0 Å². The van der Waals surface area contributed by atoms with Crippen LogP contribution in [0.4, 0.5) is 0 Å². The van der Waals surface area contributed by atoms with Crippen LogP contribution in [-0.4, -0.2) is 14.2 Å². The lowest BCUT2D eigenvalue weighted by atomic mass is 10.2. The van der Waals surface area contributed by atoms with Gasteiger partial charge in [-0.15, -0.1) is 0 Å². The molecule has 0 saturated heterocycles. The van der Waals surface area contributed by atoms with E-state index < -0.39 is 0 Å². The molecule has 0 amide bonds. The molecule has 1 rings (SSSR count). The third-order valence-corrected chi connectivity index (χ3v) is 1.64. The lowest BCUT2D eigenvalue weighted by Gasteiger charge is -2.07. The summed E-state index contributed by atoms with van der Waals surface area (Å²) in [6.45, 7) is 7.67. The molecule has 0 fully saturated rings. The molecule has 2 nitrogen and oxygen atoms in total. The Hall–Kier alpha value is -1.44. The molecule has 0 aliphatic heterocycles. The fourth-order valence-corrected chi connectivity index (χ4v) is 0.980. The Morgan fingerprint density at radius 3 is 2.07 bits per heavy atom. The van der Waals surface area contributed by atoms with Gasteiger partial charge >= 0.3 is 0 Å². The molecule has 14 heavy (non-hydrogen) atoms. The first-order valence-electron chi connectivity index (χ1n) is 4.66. The zero-order valence-corrected chi connectivity index (χ0v) is 9.33. The van der Waals surface area contributed by atoms with E-state index in [4.69, 9.17) is 9.47 Å². The smallest absolute Gasteiger partial charge is 0.161 e. The van der Waals surface area contributed by atoms with Gasteiger partial charge in [-0.1, -0.05) is 32.6 Å². The Morgan fingerprint density at radius 2 is 1.64 bits per heavy atom. The molecule has 0 aliphatic rings. The topological polar surface area (TPSA) is 18.5 Å². The van der Waals surface area contributed by atoms with Gasteiger partial charge in [-0.25, -0.2) is 0 Å². The molecule has 0 unspecified atom stereocenters. The van der Waals surface area contributed by atoms with Crippen molar-refractivity contribution in [3.8, 4) is 11.5 Å². The quantitative estimate of drug-likeness (QED) is 0.734. The summed E-state index contributed by atoms with van der Waals surface area (Å²) in [6, 6.07) is 5.66. The summed E-state index contributed by atoms with van der Waals surface area (Å²) in [4.78, 5) is 0. The van der Waals surface area contributed by atoms with E-state index in [2.05, 4.69) is 6.58 Å². The van der Waals surface area contributed by atoms with E-state index >= 15 is 0 Å². The molecule has 1 aromatic carbocycles. The van der Waals surface area contributed by atoms with Crippen LogP contribution in [0, 0.1) is 0 Å². The molecule has 0 radical (unpaired) electrons. The average molecular weight is 194 g/mol. The van der Waals surface area contributed by atoms with Crippen LogP contribution in [0.2, 0.25) is 0 Å². The van der Waals surface area contributed by atoms with Gasteiger partial charge in [0, 0.05) is 0 Å². The van der Waals surface area contributed by atoms with Gasteiger partial charge in [0.2, 0.25) is 0 Å². The molecule has 0 aromatic heterocycles. The first kappa shape index (κ1) is 12.6. The van der Waals surface area contributed by atoms with Crippen molar-refractivity contribution in [2.75, 3.05) is 14.2 Å². The van der Waals surface area contributed by atoms with Crippen LogP contribution in [0.1, 0.15) is 19.4 Å². The largest absolute Gasteiger partial charge is 0.493 e. The molecule has 0 saturated carbocycles. The Bertz CT molecular complexity index is 280. The van der Waals surface area contributed by atoms with Crippen molar-refractivity contribution < 1.29 is 9.47 Å². The predicted molar refractivity (Wildman–Crippen MR) is 61.0 cm³/mol. The van der Waals surface area contributed by atoms with Gasteiger partial charge < -0.3 is 9.47 Å². The fraction of sp³-hybridized carbons (Fsp3) is 0.333. The van der Waals surface area contributed by atoms with Crippen molar-refractivity contribution >= 4 is 6.08 Å². The fourth-order valence-electron chi connectivity index (χ4n) is 0.980. The lowest BCUT2D eigenvalue weighted by Crippen LogP contribution is -1.90. The molecule has 2 heteroatoms. The second-order valence-electron chi connectivity index (χ2n) is 2.32. The molecule has 0 heterocycles. The van der Waals surface area contributed by atoms with Crippen LogP contribution in [0.25, 0.3) is 6.08 Å². The molecule has 0 bridgehead atoms. The van der Waals surface area contributed by atoms with Gasteiger partial charge in [0.15, 0.2) is 11.5 Å². The van der Waals surface area contributed by atoms with Gasteiger partial charge in [-0.3, -0.25) is 0 Å². The lowest BCUT2D eigenvalue weighted by molar-refractivity contribution is 0.355. The number of methoxy groups -OCH3 is 2. The average Bonchev–Trinajstić information content (AvgIpc) is 2.30. The third-order valence-electron chi connectivity index (χ3n) is 1.64. The minimum Gasteiger partial charge on any atom is -0.493 e. The molecule has 0 atom stereocenters. The summed E-state index contributed by atoms with van der Waals surface area (Å²) >= 11 is 0. The minimum absolute atomic E-state index is 0.731. The van der Waals surface area contributed by atoms with E-state index in [1.54, 1.807) is 20.3 Å². The number of hydrogen-bond donors (Lipinski definition) is 0. The standard InChI is InChI=1S/C10H12O2.C2H6/c1-4-8-5-6-9(11-2)10(7-8)12-3;1-2/h4-7H,1H2,2-3H3;1-2H3. The van der Waals surface area contributed by atoms with Gasteiger partial charge in [-0.05, 0) is 17.7 Å². The van der Waals surface area contributed by atoms with Crippen molar-refractivity contribution in [3.05, 3.63) is 30.3 Å². The maximum absolute atomic E-state index is 5.11. The Balaban J connectivity index is 0.000000791. The number of ether oxygens (including phenoxy) is 2. The zero-order chi connectivity index (χ0) is 11.0. The van der Waals surface area contributed by atoms with Crippen molar-refractivity contribution in [1.82, 2.24) is 0 Å². The summed E-state index contributed by atoms with van der Waals surface area (Å²) in [5.41, 5.74) is 1.02. The Kier molecular flexibility index (Phi) is 6.29.